The second-order valence-corrected chi connectivity index (χ2v) is 20.4. The van der Waals surface area contributed by atoms with Crippen LogP contribution >= 0.6 is 46.0 Å². The number of nitrogens with zero attached hydrogens (tertiary/aromatic N) is 3. The van der Waals surface area contributed by atoms with Crippen molar-refractivity contribution in [3.63, 3.8) is 0 Å². The van der Waals surface area contributed by atoms with Gasteiger partial charge in [0.25, 0.3) is 0 Å². The van der Waals surface area contributed by atoms with Gasteiger partial charge in [0, 0.05) is 32.0 Å². The van der Waals surface area contributed by atoms with Crippen LogP contribution in [0, 0.1) is 0 Å². The van der Waals surface area contributed by atoms with Gasteiger partial charge >= 0.3 is 22.0 Å². The zero-order valence-corrected chi connectivity index (χ0v) is 30.3. The highest BCUT2D eigenvalue weighted by molar-refractivity contribution is 8.57. The van der Waals surface area contributed by atoms with E-state index in [1.807, 2.05) is 121 Å². The van der Waals surface area contributed by atoms with E-state index in [-0.39, 0.29) is 5.75 Å². The maximum Gasteiger partial charge on any atom is 0.458 e. The Kier molecular flexibility index (Phi) is 7.79. The van der Waals surface area contributed by atoms with Crippen molar-refractivity contribution >= 4 is 46.0 Å². The maximum absolute atomic E-state index is 10.2. The number of benzene rings is 6. The lowest BCUT2D eigenvalue weighted by Crippen LogP contribution is -2.07. The number of phenolic OH excluding ortho intramolecular Hbond substituents is 1. The summed E-state index contributed by atoms with van der Waals surface area (Å²) < 4.78 is 50.6. The van der Waals surface area contributed by atoms with Crippen LogP contribution in [0.4, 0.5) is 0 Å². The van der Waals surface area contributed by atoms with Crippen LogP contribution in [0.2, 0.25) is 0 Å². The molecular weight excluding hydrogens is 727 g/mol. The number of aromatic hydroxyl groups is 1. The van der Waals surface area contributed by atoms with Crippen molar-refractivity contribution in [1.82, 2.24) is 0 Å². The smallest absolute Gasteiger partial charge is 0.458 e. The van der Waals surface area contributed by atoms with E-state index < -0.39 is 22.0 Å². The van der Waals surface area contributed by atoms with E-state index >= 15 is 0 Å². The van der Waals surface area contributed by atoms with Gasteiger partial charge in [-0.15, -0.1) is 21.7 Å². The summed E-state index contributed by atoms with van der Waals surface area (Å²) in [6.45, 7) is -3.55. The van der Waals surface area contributed by atoms with Crippen LogP contribution < -0.4 is 22.6 Å². The number of fused-ring (bicyclic) bond motifs is 6. The van der Waals surface area contributed by atoms with Crippen LogP contribution in [-0.2, 0) is 0 Å². The summed E-state index contributed by atoms with van der Waals surface area (Å²) in [5.41, 5.74) is 3.33. The molecule has 3 aliphatic rings. The molecule has 0 fully saturated rings. The number of thiol groups is 1. The average Bonchev–Trinajstić information content (AvgIpc) is 3.33. The van der Waals surface area contributed by atoms with E-state index in [4.69, 9.17) is 36.2 Å². The Hall–Kier alpha value is -4.49. The molecule has 6 aromatic rings. The molecule has 0 bridgehead atoms. The molecule has 1 N–H and O–H groups in total. The Morgan fingerprint density at radius 3 is 1.38 bits per heavy atom. The van der Waals surface area contributed by atoms with Crippen molar-refractivity contribution in [3.05, 3.63) is 146 Å². The summed E-state index contributed by atoms with van der Waals surface area (Å²) in [7, 11) is -7.58. The van der Waals surface area contributed by atoms with E-state index in [1.165, 1.54) is 11.4 Å². The van der Waals surface area contributed by atoms with E-state index in [9.17, 15) is 5.11 Å². The van der Waals surface area contributed by atoms with Crippen LogP contribution in [0.3, 0.4) is 0 Å². The molecule has 248 valence electrons. The molecule has 9 nitrogen and oxygen atoms in total. The van der Waals surface area contributed by atoms with Crippen LogP contribution in [0.15, 0.2) is 169 Å². The van der Waals surface area contributed by atoms with Gasteiger partial charge in [0.1, 0.15) is 34.5 Å². The van der Waals surface area contributed by atoms with E-state index in [2.05, 4.69) is 12.6 Å². The fourth-order valence-corrected chi connectivity index (χ4v) is 18.9. The standard InChI is InChI=1S/C36H26N3O6P3S2/c40-25-17-23-28(24-18-25)50-48(41-26-19-21-27(49)22-20-26)38-46(42-33-13-5-1-9-29(33)30-10-2-6-14-34(30)43-46)37-47(39-48)44-35-15-7-3-11-31(35)32-12-4-8-16-36(32)45-47/h1-24,40,49H. The SMILES string of the molecule is Oc1ccc(SP2(Oc3ccc(S)cc3)=NP3(=NP4(=N2)Oc2ccccc2-c2ccccc2O4)Oc2ccccc2-c2ccccc2O3)cc1. The first-order valence-corrected chi connectivity index (χ1v) is 22.0. The lowest BCUT2D eigenvalue weighted by atomic mass is 10.0. The summed E-state index contributed by atoms with van der Waals surface area (Å²) in [5.74, 6) is 2.79. The molecule has 6 aromatic carbocycles. The monoisotopic (exact) mass is 753 g/mol. The highest BCUT2D eigenvalue weighted by atomic mass is 32.7. The van der Waals surface area contributed by atoms with E-state index in [1.54, 1.807) is 24.3 Å². The molecule has 3 heterocycles. The van der Waals surface area contributed by atoms with Gasteiger partial charge in [-0.1, -0.05) is 77.3 Å². The zero-order chi connectivity index (χ0) is 33.8. The molecule has 3 aliphatic heterocycles. The van der Waals surface area contributed by atoms with Gasteiger partial charge in [-0.25, -0.2) is 0 Å². The lowest BCUT2D eigenvalue weighted by molar-refractivity contribution is 0.466. The minimum absolute atomic E-state index is 0.125. The average molecular weight is 754 g/mol. The van der Waals surface area contributed by atoms with Gasteiger partial charge in [-0.05, 0) is 84.2 Å². The molecule has 9 rings (SSSR count). The van der Waals surface area contributed by atoms with Crippen molar-refractivity contribution in [2.75, 3.05) is 0 Å². The van der Waals surface area contributed by atoms with Crippen LogP contribution in [0.25, 0.3) is 22.3 Å². The highest BCUT2D eigenvalue weighted by Crippen LogP contribution is 2.84. The molecule has 0 saturated heterocycles. The zero-order valence-electron chi connectivity index (χ0n) is 25.9. The van der Waals surface area contributed by atoms with Crippen molar-refractivity contribution in [3.8, 4) is 56.8 Å². The molecule has 0 amide bonds. The number of hydrogen-bond donors (Lipinski definition) is 2. The quantitative estimate of drug-likeness (QED) is 0.136. The largest absolute Gasteiger partial charge is 0.508 e. The van der Waals surface area contributed by atoms with Crippen molar-refractivity contribution < 1.29 is 27.7 Å². The summed E-state index contributed by atoms with van der Waals surface area (Å²) in [6, 6.07) is 44.9. The summed E-state index contributed by atoms with van der Waals surface area (Å²) >= 11 is 5.78. The van der Waals surface area contributed by atoms with Gasteiger partial charge in [0.15, 0.2) is 0 Å². The molecule has 1 unspecified atom stereocenters. The third-order valence-corrected chi connectivity index (χ3v) is 19.3. The van der Waals surface area contributed by atoms with Gasteiger partial charge < -0.3 is 27.7 Å². The molecule has 1 atom stereocenters. The molecule has 50 heavy (non-hydrogen) atoms. The molecule has 0 saturated carbocycles. The first-order chi connectivity index (χ1) is 24.4. The van der Waals surface area contributed by atoms with Gasteiger partial charge in [0.05, 0.1) is 0 Å². The summed E-state index contributed by atoms with van der Waals surface area (Å²) in [5, 5.41) is 10.2. The van der Waals surface area contributed by atoms with E-state index in [0.717, 1.165) is 32.0 Å². The summed E-state index contributed by atoms with van der Waals surface area (Å²) in [4.78, 5) is 1.50. The molecule has 2 spiro atoms. The molecule has 14 heteroatoms. The van der Waals surface area contributed by atoms with Gasteiger partial charge in [0.2, 0.25) is 0 Å². The third-order valence-electron chi connectivity index (χ3n) is 7.80. The Morgan fingerprint density at radius 1 is 0.500 bits per heavy atom. The second kappa shape index (κ2) is 12.4. The van der Waals surface area contributed by atoms with Gasteiger partial charge in [-0.2, -0.15) is 0 Å². The predicted octanol–water partition coefficient (Wildman–Crippen LogP) is 13.0. The molecule has 0 aromatic heterocycles. The third kappa shape index (κ3) is 5.89. The number of phenols is 1. The van der Waals surface area contributed by atoms with Crippen LogP contribution in [0.5, 0.6) is 34.5 Å². The normalized spacial score (nSPS) is 18.6. The predicted molar refractivity (Wildman–Crippen MR) is 203 cm³/mol. The van der Waals surface area contributed by atoms with Crippen LogP contribution in [-0.4, -0.2) is 5.11 Å². The Labute approximate surface area is 298 Å². The Morgan fingerprint density at radius 2 is 0.920 bits per heavy atom. The number of rotatable bonds is 4. The minimum atomic E-state index is -3.79. The minimum Gasteiger partial charge on any atom is -0.508 e. The maximum atomic E-state index is 10.2. The Balaban J connectivity index is 1.37. The first-order valence-electron chi connectivity index (χ1n) is 15.4. The Bertz CT molecular complexity index is 2220. The van der Waals surface area contributed by atoms with Crippen molar-refractivity contribution in [1.29, 1.82) is 0 Å². The number of para-hydroxylation sites is 4. The van der Waals surface area contributed by atoms with Crippen molar-refractivity contribution in [2.24, 2.45) is 13.5 Å². The van der Waals surface area contributed by atoms with Crippen molar-refractivity contribution in [2.45, 2.75) is 9.79 Å². The second-order valence-electron chi connectivity index (χ2n) is 11.3. The topological polar surface area (TPSA) is 103 Å². The molecule has 0 radical (unpaired) electrons. The van der Waals surface area contributed by atoms with Crippen LogP contribution in [0.1, 0.15) is 0 Å². The first kappa shape index (κ1) is 31.5. The fourth-order valence-electron chi connectivity index (χ4n) is 5.63. The molecular formula is C36H26N3O6P3S2. The molecule has 0 aliphatic carbocycles. The fraction of sp³-hybridized carbons (Fsp3) is 0. The van der Waals surface area contributed by atoms with Gasteiger partial charge in [-0.3, -0.25) is 0 Å². The van der Waals surface area contributed by atoms with E-state index in [0.29, 0.717) is 28.7 Å². The highest BCUT2D eigenvalue weighted by Gasteiger charge is 2.49. The summed E-state index contributed by atoms with van der Waals surface area (Å²) in [6.07, 6.45) is 0. The lowest BCUT2D eigenvalue weighted by Gasteiger charge is -2.32. The number of hydrogen-bond acceptors (Lipinski definition) is 11.